The summed E-state index contributed by atoms with van der Waals surface area (Å²) in [6.07, 6.45) is 3.80. The van der Waals surface area contributed by atoms with Crippen LogP contribution < -0.4 is 10.1 Å². The standard InChI is InChI=1S/C21H20N2O2/c1-2-25-19-9-7-14(8-10-19)16-5-6-17-12-20(22-13-18(17)11-16)23-21(24)15-3-4-15/h5-13,15H,2-4H2,1H3,(H,22,23,24). The normalized spacial score (nSPS) is 13.6. The van der Waals surface area contributed by atoms with Crippen LogP contribution in [-0.2, 0) is 4.79 Å². The van der Waals surface area contributed by atoms with Crippen molar-refractivity contribution >= 4 is 22.5 Å². The average molecular weight is 332 g/mol. The molecule has 126 valence electrons. The van der Waals surface area contributed by atoms with E-state index in [-0.39, 0.29) is 11.8 Å². The number of nitrogens with zero attached hydrogens (tertiary/aromatic N) is 1. The van der Waals surface area contributed by atoms with E-state index in [2.05, 4.69) is 40.6 Å². The number of ether oxygens (including phenoxy) is 1. The number of benzene rings is 2. The summed E-state index contributed by atoms with van der Waals surface area (Å²) in [6, 6.07) is 16.3. The Bertz CT molecular complexity index is 915. The molecular weight excluding hydrogens is 312 g/mol. The lowest BCUT2D eigenvalue weighted by atomic mass is 10.0. The molecule has 1 fully saturated rings. The van der Waals surface area contributed by atoms with Gasteiger partial charge in [0.1, 0.15) is 11.6 Å². The Morgan fingerprint density at radius 2 is 1.84 bits per heavy atom. The highest BCUT2D eigenvalue weighted by molar-refractivity contribution is 5.95. The van der Waals surface area contributed by atoms with Gasteiger partial charge in [0, 0.05) is 17.5 Å². The van der Waals surface area contributed by atoms with E-state index < -0.39 is 0 Å². The molecule has 0 radical (unpaired) electrons. The third-order valence-corrected chi connectivity index (χ3v) is 4.42. The summed E-state index contributed by atoms with van der Waals surface area (Å²) in [5.74, 6) is 1.76. The van der Waals surface area contributed by atoms with E-state index in [9.17, 15) is 4.79 Å². The highest BCUT2D eigenvalue weighted by atomic mass is 16.5. The van der Waals surface area contributed by atoms with E-state index in [1.807, 2.05) is 31.3 Å². The van der Waals surface area contributed by atoms with Crippen molar-refractivity contribution in [2.24, 2.45) is 5.92 Å². The number of pyridine rings is 1. The number of fused-ring (bicyclic) bond motifs is 1. The molecule has 0 saturated heterocycles. The SMILES string of the molecule is CCOc1ccc(-c2ccc3cc(NC(=O)C4CC4)ncc3c2)cc1. The fourth-order valence-corrected chi connectivity index (χ4v) is 2.87. The van der Waals surface area contributed by atoms with Crippen molar-refractivity contribution in [1.82, 2.24) is 4.98 Å². The molecule has 1 N–H and O–H groups in total. The van der Waals surface area contributed by atoms with Gasteiger partial charge in [-0.15, -0.1) is 0 Å². The van der Waals surface area contributed by atoms with E-state index in [0.717, 1.165) is 40.5 Å². The van der Waals surface area contributed by atoms with Crippen molar-refractivity contribution in [3.05, 3.63) is 54.7 Å². The lowest BCUT2D eigenvalue weighted by Gasteiger charge is -2.08. The van der Waals surface area contributed by atoms with Crippen molar-refractivity contribution in [3.8, 4) is 16.9 Å². The van der Waals surface area contributed by atoms with Gasteiger partial charge in [-0.25, -0.2) is 4.98 Å². The summed E-state index contributed by atoms with van der Waals surface area (Å²) in [4.78, 5) is 16.2. The summed E-state index contributed by atoms with van der Waals surface area (Å²) < 4.78 is 5.49. The fourth-order valence-electron chi connectivity index (χ4n) is 2.87. The molecular formula is C21H20N2O2. The van der Waals surface area contributed by atoms with Crippen molar-refractivity contribution < 1.29 is 9.53 Å². The average Bonchev–Trinajstić information content (AvgIpc) is 3.47. The summed E-state index contributed by atoms with van der Waals surface area (Å²) in [5.41, 5.74) is 2.27. The molecule has 3 aromatic rings. The van der Waals surface area contributed by atoms with Crippen LogP contribution in [0.25, 0.3) is 21.9 Å². The summed E-state index contributed by atoms with van der Waals surface area (Å²) >= 11 is 0. The number of rotatable bonds is 5. The minimum atomic E-state index is 0.0814. The van der Waals surface area contributed by atoms with Crippen LogP contribution in [0.2, 0.25) is 0 Å². The predicted molar refractivity (Wildman–Crippen MR) is 99.7 cm³/mol. The molecule has 4 nitrogen and oxygen atoms in total. The largest absolute Gasteiger partial charge is 0.494 e. The molecule has 1 amide bonds. The van der Waals surface area contributed by atoms with E-state index >= 15 is 0 Å². The Morgan fingerprint density at radius 3 is 2.56 bits per heavy atom. The first kappa shape index (κ1) is 15.6. The monoisotopic (exact) mass is 332 g/mol. The molecule has 0 spiro atoms. The quantitative estimate of drug-likeness (QED) is 0.740. The highest BCUT2D eigenvalue weighted by Gasteiger charge is 2.29. The molecule has 1 aromatic heterocycles. The number of aromatic nitrogens is 1. The molecule has 1 saturated carbocycles. The lowest BCUT2D eigenvalue weighted by Crippen LogP contribution is -2.14. The lowest BCUT2D eigenvalue weighted by molar-refractivity contribution is -0.117. The van der Waals surface area contributed by atoms with Crippen LogP contribution in [0.1, 0.15) is 19.8 Å². The van der Waals surface area contributed by atoms with Crippen molar-refractivity contribution in [3.63, 3.8) is 0 Å². The summed E-state index contributed by atoms with van der Waals surface area (Å²) in [7, 11) is 0. The maximum Gasteiger partial charge on any atom is 0.228 e. The smallest absolute Gasteiger partial charge is 0.228 e. The number of hydrogen-bond acceptors (Lipinski definition) is 3. The zero-order valence-corrected chi connectivity index (χ0v) is 14.2. The van der Waals surface area contributed by atoms with Gasteiger partial charge >= 0.3 is 0 Å². The van der Waals surface area contributed by atoms with Crippen LogP contribution >= 0.6 is 0 Å². The molecule has 0 atom stereocenters. The third-order valence-electron chi connectivity index (χ3n) is 4.42. The molecule has 2 aromatic carbocycles. The Balaban J connectivity index is 1.58. The summed E-state index contributed by atoms with van der Waals surface area (Å²) in [5, 5.41) is 5.01. The molecule has 4 heteroatoms. The highest BCUT2D eigenvalue weighted by Crippen LogP contribution is 2.31. The molecule has 1 heterocycles. The van der Waals surface area contributed by atoms with Crippen molar-refractivity contribution in [2.75, 3.05) is 11.9 Å². The zero-order chi connectivity index (χ0) is 17.2. The third kappa shape index (κ3) is 3.48. The maximum atomic E-state index is 11.9. The van der Waals surface area contributed by atoms with Crippen molar-refractivity contribution in [1.29, 1.82) is 0 Å². The van der Waals surface area contributed by atoms with Crippen LogP contribution in [0, 0.1) is 5.92 Å². The summed E-state index contributed by atoms with van der Waals surface area (Å²) in [6.45, 7) is 2.65. The van der Waals surface area contributed by atoms with E-state index in [1.165, 1.54) is 0 Å². The van der Waals surface area contributed by atoms with Gasteiger partial charge in [0.05, 0.1) is 6.61 Å². The Hall–Kier alpha value is -2.88. The van der Waals surface area contributed by atoms with E-state index in [1.54, 1.807) is 0 Å². The molecule has 0 aliphatic heterocycles. The van der Waals surface area contributed by atoms with Gasteiger partial charge in [-0.1, -0.05) is 24.3 Å². The van der Waals surface area contributed by atoms with Gasteiger partial charge in [0.15, 0.2) is 0 Å². The van der Waals surface area contributed by atoms with Gasteiger partial charge < -0.3 is 10.1 Å². The van der Waals surface area contributed by atoms with Gasteiger partial charge in [-0.05, 0) is 60.5 Å². The molecule has 0 bridgehead atoms. The predicted octanol–water partition coefficient (Wildman–Crippen LogP) is 4.65. The van der Waals surface area contributed by atoms with Gasteiger partial charge in [-0.2, -0.15) is 0 Å². The van der Waals surface area contributed by atoms with Gasteiger partial charge in [0.25, 0.3) is 0 Å². The molecule has 25 heavy (non-hydrogen) atoms. The fraction of sp³-hybridized carbons (Fsp3) is 0.238. The minimum Gasteiger partial charge on any atom is -0.494 e. The second kappa shape index (κ2) is 6.55. The van der Waals surface area contributed by atoms with Crippen molar-refractivity contribution in [2.45, 2.75) is 19.8 Å². The van der Waals surface area contributed by atoms with Crippen LogP contribution in [0.5, 0.6) is 5.75 Å². The molecule has 1 aliphatic rings. The molecule has 1 aliphatic carbocycles. The zero-order valence-electron chi connectivity index (χ0n) is 14.2. The second-order valence-electron chi connectivity index (χ2n) is 6.35. The first-order chi connectivity index (χ1) is 12.2. The number of carbonyl (C=O) groups excluding carboxylic acids is 1. The van der Waals surface area contributed by atoms with E-state index in [0.29, 0.717) is 12.4 Å². The van der Waals surface area contributed by atoms with Crippen LogP contribution in [0.15, 0.2) is 54.7 Å². The van der Waals surface area contributed by atoms with E-state index in [4.69, 9.17) is 4.74 Å². The first-order valence-electron chi connectivity index (χ1n) is 8.67. The Morgan fingerprint density at radius 1 is 1.08 bits per heavy atom. The minimum absolute atomic E-state index is 0.0814. The van der Waals surface area contributed by atoms with Gasteiger partial charge in [0.2, 0.25) is 5.91 Å². The number of anilines is 1. The van der Waals surface area contributed by atoms with Crippen LogP contribution in [0.4, 0.5) is 5.82 Å². The Labute approximate surface area is 146 Å². The number of hydrogen-bond donors (Lipinski definition) is 1. The number of carbonyl (C=O) groups is 1. The van der Waals surface area contributed by atoms with Crippen LogP contribution in [-0.4, -0.2) is 17.5 Å². The topological polar surface area (TPSA) is 51.2 Å². The Kier molecular flexibility index (Phi) is 4.10. The number of nitrogens with one attached hydrogen (secondary N) is 1. The molecule has 4 rings (SSSR count). The van der Waals surface area contributed by atoms with Crippen LogP contribution in [0.3, 0.4) is 0 Å². The maximum absolute atomic E-state index is 11.9. The first-order valence-corrected chi connectivity index (χ1v) is 8.67. The van der Waals surface area contributed by atoms with Gasteiger partial charge in [-0.3, -0.25) is 4.79 Å². The second-order valence-corrected chi connectivity index (χ2v) is 6.35. The number of amides is 1. The molecule has 0 unspecified atom stereocenters.